The maximum atomic E-state index is 11.1. The van der Waals surface area contributed by atoms with E-state index >= 15 is 0 Å². The van der Waals surface area contributed by atoms with Crippen LogP contribution in [0.15, 0.2) is 12.3 Å². The first-order chi connectivity index (χ1) is 9.72. The van der Waals surface area contributed by atoms with Crippen LogP contribution in [-0.2, 0) is 9.53 Å². The number of nitrogens with zero attached hydrogens (tertiary/aromatic N) is 4. The molecule has 0 atom stereocenters. The van der Waals surface area contributed by atoms with Crippen LogP contribution in [0.25, 0.3) is 0 Å². The molecule has 0 spiro atoms. The van der Waals surface area contributed by atoms with E-state index in [1.165, 1.54) is 7.11 Å². The fourth-order valence-electron chi connectivity index (χ4n) is 2.12. The molecule has 1 fully saturated rings. The van der Waals surface area contributed by atoms with Gasteiger partial charge in [0.15, 0.2) is 0 Å². The molecule has 0 amide bonds. The number of carbonyl (C=O) groups is 1. The highest BCUT2D eigenvalue weighted by molar-refractivity contribution is 5.69. The van der Waals surface area contributed by atoms with Gasteiger partial charge in [-0.25, -0.2) is 4.98 Å². The van der Waals surface area contributed by atoms with Crippen LogP contribution in [0.4, 0.5) is 5.95 Å². The normalized spacial score (nSPS) is 16.0. The molecule has 2 heterocycles. The Morgan fingerprint density at radius 1 is 1.30 bits per heavy atom. The third-order valence-corrected chi connectivity index (χ3v) is 3.34. The van der Waals surface area contributed by atoms with Crippen LogP contribution in [-0.4, -0.2) is 67.8 Å². The van der Waals surface area contributed by atoms with Crippen molar-refractivity contribution < 1.29 is 14.3 Å². The van der Waals surface area contributed by atoms with E-state index in [4.69, 9.17) is 4.74 Å². The second kappa shape index (κ2) is 7.04. The van der Waals surface area contributed by atoms with Gasteiger partial charge in [0.1, 0.15) is 0 Å². The lowest BCUT2D eigenvalue weighted by atomic mass is 10.3. The molecule has 1 aliphatic heterocycles. The molecule has 1 saturated heterocycles. The molecule has 0 N–H and O–H groups in total. The summed E-state index contributed by atoms with van der Waals surface area (Å²) in [6.07, 6.45) is 2.14. The van der Waals surface area contributed by atoms with Crippen LogP contribution < -0.4 is 9.64 Å². The number of hydrogen-bond donors (Lipinski definition) is 0. The lowest BCUT2D eigenvalue weighted by Crippen LogP contribution is -2.47. The van der Waals surface area contributed by atoms with Crippen molar-refractivity contribution in [1.29, 1.82) is 0 Å². The average molecular weight is 280 g/mol. The van der Waals surface area contributed by atoms with Gasteiger partial charge in [0.25, 0.3) is 0 Å². The molecule has 0 unspecified atom stereocenters. The van der Waals surface area contributed by atoms with Crippen molar-refractivity contribution in [3.63, 3.8) is 0 Å². The molecule has 0 bridgehead atoms. The Kier molecular flexibility index (Phi) is 5.11. The van der Waals surface area contributed by atoms with Crippen molar-refractivity contribution in [2.45, 2.75) is 6.42 Å². The number of esters is 1. The van der Waals surface area contributed by atoms with Gasteiger partial charge in [-0.15, -0.1) is 0 Å². The highest BCUT2D eigenvalue weighted by Gasteiger charge is 2.19. The van der Waals surface area contributed by atoms with Crippen molar-refractivity contribution in [1.82, 2.24) is 14.9 Å². The van der Waals surface area contributed by atoms with Crippen LogP contribution in [0.5, 0.6) is 5.88 Å². The fraction of sp³-hybridized carbons (Fsp3) is 0.615. The maximum absolute atomic E-state index is 11.1. The first kappa shape index (κ1) is 14.5. The van der Waals surface area contributed by atoms with Crippen LogP contribution >= 0.6 is 0 Å². The number of carbonyl (C=O) groups excluding carboxylic acids is 1. The van der Waals surface area contributed by atoms with E-state index in [2.05, 4.69) is 24.5 Å². The zero-order valence-electron chi connectivity index (χ0n) is 11.9. The molecule has 110 valence electrons. The average Bonchev–Trinajstić information content (AvgIpc) is 2.53. The van der Waals surface area contributed by atoms with E-state index < -0.39 is 0 Å². The largest absolute Gasteiger partial charge is 0.481 e. The van der Waals surface area contributed by atoms with Gasteiger partial charge in [-0.2, -0.15) is 4.98 Å². The summed E-state index contributed by atoms with van der Waals surface area (Å²) in [6.45, 7) is 4.19. The van der Waals surface area contributed by atoms with Crippen molar-refractivity contribution >= 4 is 11.9 Å². The Labute approximate surface area is 118 Å². The molecule has 0 aliphatic carbocycles. The number of ether oxygens (including phenoxy) is 2. The van der Waals surface area contributed by atoms with Crippen molar-refractivity contribution in [2.75, 3.05) is 51.8 Å². The molecule has 20 heavy (non-hydrogen) atoms. The Bertz CT molecular complexity index is 447. The van der Waals surface area contributed by atoms with E-state index in [0.717, 1.165) is 32.7 Å². The standard InChI is InChI=1S/C13H20N4O3/c1-19-11-3-5-14-13(15-11)17-9-7-16(8-10-17)6-4-12(18)20-2/h3,5H,4,6-10H2,1-2H3. The van der Waals surface area contributed by atoms with Gasteiger partial charge >= 0.3 is 5.97 Å². The predicted molar refractivity (Wildman–Crippen MR) is 73.9 cm³/mol. The van der Waals surface area contributed by atoms with Gasteiger partial charge in [-0.1, -0.05) is 0 Å². The zero-order chi connectivity index (χ0) is 14.4. The van der Waals surface area contributed by atoms with E-state index in [9.17, 15) is 4.79 Å². The fourth-order valence-corrected chi connectivity index (χ4v) is 2.12. The van der Waals surface area contributed by atoms with E-state index in [1.54, 1.807) is 19.4 Å². The smallest absolute Gasteiger partial charge is 0.306 e. The van der Waals surface area contributed by atoms with Crippen LogP contribution in [0.1, 0.15) is 6.42 Å². The second-order valence-electron chi connectivity index (χ2n) is 4.55. The Hall–Kier alpha value is -1.89. The third kappa shape index (κ3) is 3.80. The van der Waals surface area contributed by atoms with Gasteiger partial charge in [-0.3, -0.25) is 9.69 Å². The first-order valence-corrected chi connectivity index (χ1v) is 6.64. The molecular weight excluding hydrogens is 260 g/mol. The van der Waals surface area contributed by atoms with Crippen molar-refractivity contribution in [3.05, 3.63) is 12.3 Å². The number of methoxy groups -OCH3 is 2. The second-order valence-corrected chi connectivity index (χ2v) is 4.55. The summed E-state index contributed by atoms with van der Waals surface area (Å²) < 4.78 is 9.75. The van der Waals surface area contributed by atoms with Gasteiger partial charge in [-0.05, 0) is 0 Å². The number of rotatable bonds is 5. The molecule has 0 radical (unpaired) electrons. The maximum Gasteiger partial charge on any atom is 0.306 e. The number of hydrogen-bond acceptors (Lipinski definition) is 7. The summed E-state index contributed by atoms with van der Waals surface area (Å²) in [5, 5.41) is 0. The van der Waals surface area contributed by atoms with Gasteiger partial charge in [0.2, 0.25) is 11.8 Å². The van der Waals surface area contributed by atoms with Gasteiger partial charge in [0.05, 0.1) is 20.6 Å². The molecule has 7 heteroatoms. The van der Waals surface area contributed by atoms with Crippen LogP contribution in [0.2, 0.25) is 0 Å². The summed E-state index contributed by atoms with van der Waals surface area (Å²) in [6, 6.07) is 1.73. The molecule has 7 nitrogen and oxygen atoms in total. The lowest BCUT2D eigenvalue weighted by Gasteiger charge is -2.34. The number of aromatic nitrogens is 2. The topological polar surface area (TPSA) is 67.8 Å². The van der Waals surface area contributed by atoms with E-state index in [-0.39, 0.29) is 5.97 Å². The minimum atomic E-state index is -0.163. The van der Waals surface area contributed by atoms with Crippen LogP contribution in [0.3, 0.4) is 0 Å². The highest BCUT2D eigenvalue weighted by Crippen LogP contribution is 2.14. The molecular formula is C13H20N4O3. The molecule has 1 aliphatic rings. The van der Waals surface area contributed by atoms with Crippen molar-refractivity contribution in [2.24, 2.45) is 0 Å². The first-order valence-electron chi connectivity index (χ1n) is 6.64. The zero-order valence-corrected chi connectivity index (χ0v) is 11.9. The lowest BCUT2D eigenvalue weighted by molar-refractivity contribution is -0.141. The SMILES string of the molecule is COC(=O)CCN1CCN(c2nccc(OC)n2)CC1. The third-order valence-electron chi connectivity index (χ3n) is 3.34. The molecule has 1 aromatic rings. The summed E-state index contributed by atoms with van der Waals surface area (Å²) in [4.78, 5) is 24.1. The van der Waals surface area contributed by atoms with Gasteiger partial charge in [0, 0.05) is 45.0 Å². The highest BCUT2D eigenvalue weighted by atomic mass is 16.5. The molecule has 0 aromatic carbocycles. The summed E-state index contributed by atoms with van der Waals surface area (Å²) in [5.41, 5.74) is 0. The molecule has 2 rings (SSSR count). The monoisotopic (exact) mass is 280 g/mol. The molecule has 0 saturated carbocycles. The Morgan fingerprint density at radius 2 is 2.05 bits per heavy atom. The minimum absolute atomic E-state index is 0.163. The van der Waals surface area contributed by atoms with Crippen molar-refractivity contribution in [3.8, 4) is 5.88 Å². The van der Waals surface area contributed by atoms with E-state index in [1.807, 2.05) is 0 Å². The number of piperazine rings is 1. The van der Waals surface area contributed by atoms with Gasteiger partial charge < -0.3 is 14.4 Å². The molecule has 1 aromatic heterocycles. The summed E-state index contributed by atoms with van der Waals surface area (Å²) in [7, 11) is 3.01. The van der Waals surface area contributed by atoms with Crippen LogP contribution in [0, 0.1) is 0 Å². The quantitative estimate of drug-likeness (QED) is 0.712. The van der Waals surface area contributed by atoms with E-state index in [0.29, 0.717) is 18.2 Å². The predicted octanol–water partition coefficient (Wildman–Crippen LogP) is 0.170. The Balaban J connectivity index is 1.83. The summed E-state index contributed by atoms with van der Waals surface area (Å²) >= 11 is 0. The minimum Gasteiger partial charge on any atom is -0.481 e. The Morgan fingerprint density at radius 3 is 2.70 bits per heavy atom. The number of anilines is 1. The summed E-state index contributed by atoms with van der Waals surface area (Å²) in [5.74, 6) is 1.10.